The second kappa shape index (κ2) is 10.2. The summed E-state index contributed by atoms with van der Waals surface area (Å²) in [6, 6.07) is 11.7. The highest BCUT2D eigenvalue weighted by atomic mass is 16.5. The van der Waals surface area contributed by atoms with Gasteiger partial charge in [0.25, 0.3) is 0 Å². The molecule has 0 radical (unpaired) electrons. The molecule has 33 heavy (non-hydrogen) atoms. The van der Waals surface area contributed by atoms with Gasteiger partial charge >= 0.3 is 0 Å². The average Bonchev–Trinajstić information content (AvgIpc) is 2.82. The molecule has 0 spiro atoms. The Kier molecular flexibility index (Phi) is 6.71. The van der Waals surface area contributed by atoms with Crippen molar-refractivity contribution in [1.29, 1.82) is 0 Å². The topological polar surface area (TPSA) is 158 Å². The third-order valence-corrected chi connectivity index (χ3v) is 4.47. The number of aromatic nitrogens is 4. The van der Waals surface area contributed by atoms with E-state index in [2.05, 4.69) is 35.8 Å². The highest BCUT2D eigenvalue weighted by molar-refractivity contribution is 5.93. The highest BCUT2D eigenvalue weighted by Crippen LogP contribution is 2.27. The molecule has 4 rings (SSSR count). The number of hydrogen-bond donors (Lipinski definition) is 5. The van der Waals surface area contributed by atoms with Gasteiger partial charge in [0.05, 0.1) is 12.8 Å². The molecule has 0 aliphatic carbocycles. The molecule has 2 heterocycles. The standard InChI is InChI=1S/C22H21N7O4/c30-7-2-8-33-16-4-1-3-15(10-16)28-21-19-20(24-12-25-21)22(26-13-23-19)29-27-11-14-5-6-17(31)18(32)9-14/h1,3-6,9-13,30-32H,2,7-8H2,(H,23,26,29)(H,24,25,28)/b27-11+. The summed E-state index contributed by atoms with van der Waals surface area (Å²) in [6.45, 7) is 0.491. The van der Waals surface area contributed by atoms with Crippen molar-refractivity contribution < 1.29 is 20.1 Å². The van der Waals surface area contributed by atoms with E-state index >= 15 is 0 Å². The number of phenols is 2. The molecule has 11 heteroatoms. The van der Waals surface area contributed by atoms with Gasteiger partial charge in [0.1, 0.15) is 29.4 Å². The van der Waals surface area contributed by atoms with Gasteiger partial charge in [-0.25, -0.2) is 19.9 Å². The summed E-state index contributed by atoms with van der Waals surface area (Å²) < 4.78 is 5.61. The fourth-order valence-corrected chi connectivity index (χ4v) is 2.90. The monoisotopic (exact) mass is 447 g/mol. The van der Waals surface area contributed by atoms with E-state index < -0.39 is 0 Å². The van der Waals surface area contributed by atoms with Crippen molar-refractivity contribution in [2.75, 3.05) is 24.0 Å². The van der Waals surface area contributed by atoms with Crippen molar-refractivity contribution in [2.24, 2.45) is 5.10 Å². The molecule has 168 valence electrons. The van der Waals surface area contributed by atoms with Crippen molar-refractivity contribution in [3.8, 4) is 17.2 Å². The van der Waals surface area contributed by atoms with Crippen LogP contribution in [-0.2, 0) is 0 Å². The maximum atomic E-state index is 9.59. The molecule has 0 unspecified atom stereocenters. The second-order valence-corrected chi connectivity index (χ2v) is 6.84. The zero-order valence-corrected chi connectivity index (χ0v) is 17.4. The number of hydrazone groups is 1. The van der Waals surface area contributed by atoms with Crippen LogP contribution in [0.5, 0.6) is 17.2 Å². The lowest BCUT2D eigenvalue weighted by molar-refractivity contribution is 0.233. The van der Waals surface area contributed by atoms with E-state index in [0.29, 0.717) is 47.0 Å². The van der Waals surface area contributed by atoms with Crippen LogP contribution in [-0.4, -0.2) is 54.7 Å². The third kappa shape index (κ3) is 5.40. The fraction of sp³-hybridized carbons (Fsp3) is 0.136. The molecular formula is C22H21N7O4. The van der Waals surface area contributed by atoms with Crippen molar-refractivity contribution in [2.45, 2.75) is 6.42 Å². The summed E-state index contributed by atoms with van der Waals surface area (Å²) >= 11 is 0. The Hall–Kier alpha value is -4.51. The maximum Gasteiger partial charge on any atom is 0.176 e. The van der Waals surface area contributed by atoms with Crippen molar-refractivity contribution in [3.63, 3.8) is 0 Å². The summed E-state index contributed by atoms with van der Waals surface area (Å²) in [5.41, 5.74) is 5.08. The van der Waals surface area contributed by atoms with Gasteiger partial charge in [-0.05, 0) is 35.9 Å². The minimum absolute atomic E-state index is 0.0718. The van der Waals surface area contributed by atoms with Crippen LogP contribution in [0.3, 0.4) is 0 Å². The van der Waals surface area contributed by atoms with Crippen LogP contribution in [0, 0.1) is 0 Å². The molecule has 0 atom stereocenters. The van der Waals surface area contributed by atoms with Gasteiger partial charge in [0.15, 0.2) is 23.1 Å². The molecule has 0 aliphatic rings. The number of benzene rings is 2. The Labute approximate surface area is 188 Å². The number of aliphatic hydroxyl groups excluding tert-OH is 1. The van der Waals surface area contributed by atoms with Gasteiger partial charge in [0.2, 0.25) is 0 Å². The first-order chi connectivity index (χ1) is 16.1. The summed E-state index contributed by atoms with van der Waals surface area (Å²) in [7, 11) is 0. The molecule has 0 saturated carbocycles. The average molecular weight is 447 g/mol. The van der Waals surface area contributed by atoms with Gasteiger partial charge in [0, 0.05) is 24.8 Å². The SMILES string of the molecule is OCCCOc1cccc(Nc2ncnc3c(N/N=C/c4ccc(O)c(O)c4)ncnc23)c1. The number of aromatic hydroxyl groups is 2. The Morgan fingerprint density at radius 3 is 2.48 bits per heavy atom. The number of hydrogen-bond acceptors (Lipinski definition) is 11. The summed E-state index contributed by atoms with van der Waals surface area (Å²) in [6.07, 6.45) is 4.78. The molecule has 5 N–H and O–H groups in total. The predicted molar refractivity (Wildman–Crippen MR) is 123 cm³/mol. The minimum atomic E-state index is -0.238. The zero-order chi connectivity index (χ0) is 23.0. The molecule has 0 aliphatic heterocycles. The van der Waals surface area contributed by atoms with E-state index in [1.807, 2.05) is 24.3 Å². The van der Waals surface area contributed by atoms with Gasteiger partial charge < -0.3 is 25.4 Å². The van der Waals surface area contributed by atoms with Crippen LogP contribution in [0.1, 0.15) is 12.0 Å². The van der Waals surface area contributed by atoms with E-state index in [9.17, 15) is 10.2 Å². The van der Waals surface area contributed by atoms with E-state index in [1.165, 1.54) is 31.0 Å². The Morgan fingerprint density at radius 2 is 1.70 bits per heavy atom. The lowest BCUT2D eigenvalue weighted by Gasteiger charge is -2.11. The lowest BCUT2D eigenvalue weighted by Crippen LogP contribution is -2.02. The normalized spacial score (nSPS) is 11.1. The van der Waals surface area contributed by atoms with Gasteiger partial charge in [-0.15, -0.1) is 0 Å². The number of nitrogens with one attached hydrogen (secondary N) is 2. The molecule has 0 saturated heterocycles. The quantitative estimate of drug-likeness (QED) is 0.112. The molecular weight excluding hydrogens is 426 g/mol. The number of fused-ring (bicyclic) bond motifs is 1. The number of anilines is 3. The smallest absolute Gasteiger partial charge is 0.176 e. The lowest BCUT2D eigenvalue weighted by atomic mass is 10.2. The van der Waals surface area contributed by atoms with Crippen molar-refractivity contribution >= 4 is 34.6 Å². The van der Waals surface area contributed by atoms with Crippen LogP contribution in [0.2, 0.25) is 0 Å². The Morgan fingerprint density at radius 1 is 0.909 bits per heavy atom. The molecule has 4 aromatic rings. The molecule has 0 bridgehead atoms. The number of nitrogens with zero attached hydrogens (tertiary/aromatic N) is 5. The fourth-order valence-electron chi connectivity index (χ4n) is 2.90. The third-order valence-electron chi connectivity index (χ3n) is 4.47. The number of ether oxygens (including phenoxy) is 1. The number of rotatable bonds is 9. The summed E-state index contributed by atoms with van der Waals surface area (Å²) in [5.74, 6) is 1.06. The molecule has 2 aromatic heterocycles. The highest BCUT2D eigenvalue weighted by Gasteiger charge is 2.11. The van der Waals surface area contributed by atoms with Crippen LogP contribution in [0.4, 0.5) is 17.3 Å². The first-order valence-corrected chi connectivity index (χ1v) is 10.0. The van der Waals surface area contributed by atoms with Crippen molar-refractivity contribution in [1.82, 2.24) is 19.9 Å². The zero-order valence-electron chi connectivity index (χ0n) is 17.4. The second-order valence-electron chi connectivity index (χ2n) is 6.84. The summed E-state index contributed by atoms with van der Waals surface area (Å²) in [4.78, 5) is 17.0. The number of phenolic OH excluding ortho intramolecular Hbond substituents is 2. The number of aliphatic hydroxyl groups is 1. The minimum Gasteiger partial charge on any atom is -0.504 e. The van der Waals surface area contributed by atoms with E-state index in [-0.39, 0.29) is 18.1 Å². The van der Waals surface area contributed by atoms with Crippen LogP contribution >= 0.6 is 0 Å². The van der Waals surface area contributed by atoms with Gasteiger partial charge in [-0.2, -0.15) is 5.10 Å². The van der Waals surface area contributed by atoms with Crippen molar-refractivity contribution in [3.05, 3.63) is 60.7 Å². The first kappa shape index (κ1) is 21.7. The Balaban J connectivity index is 1.53. The molecule has 0 amide bonds. The van der Waals surface area contributed by atoms with Gasteiger partial charge in [-0.1, -0.05) is 6.07 Å². The van der Waals surface area contributed by atoms with E-state index in [4.69, 9.17) is 9.84 Å². The molecule has 11 nitrogen and oxygen atoms in total. The van der Waals surface area contributed by atoms with Crippen LogP contribution in [0.25, 0.3) is 11.0 Å². The van der Waals surface area contributed by atoms with E-state index in [0.717, 1.165) is 5.69 Å². The first-order valence-electron chi connectivity index (χ1n) is 10.0. The Bertz CT molecular complexity index is 1280. The predicted octanol–water partition coefficient (Wildman–Crippen LogP) is 2.78. The van der Waals surface area contributed by atoms with Crippen LogP contribution in [0.15, 0.2) is 60.2 Å². The molecule has 2 aromatic carbocycles. The molecule has 0 fully saturated rings. The van der Waals surface area contributed by atoms with Gasteiger partial charge in [-0.3, -0.25) is 5.43 Å². The maximum absolute atomic E-state index is 9.59. The van der Waals surface area contributed by atoms with Crippen LogP contribution < -0.4 is 15.5 Å². The van der Waals surface area contributed by atoms with E-state index in [1.54, 1.807) is 6.07 Å². The largest absolute Gasteiger partial charge is 0.504 e. The summed E-state index contributed by atoms with van der Waals surface area (Å²) in [5, 5.41) is 35.2.